The molecular formula is C23H48O. The van der Waals surface area contributed by atoms with Crippen molar-refractivity contribution in [3.8, 4) is 0 Å². The van der Waals surface area contributed by atoms with Crippen LogP contribution < -0.4 is 0 Å². The van der Waals surface area contributed by atoms with E-state index in [1.807, 2.05) is 7.11 Å². The van der Waals surface area contributed by atoms with Crippen LogP contribution in [-0.4, -0.2) is 12.7 Å². The number of hydrogen-bond donors (Lipinski definition) is 0. The van der Waals surface area contributed by atoms with Gasteiger partial charge in [0.15, 0.2) is 0 Å². The predicted molar refractivity (Wildman–Crippen MR) is 110 cm³/mol. The molecule has 0 spiro atoms. The van der Waals surface area contributed by atoms with Crippen molar-refractivity contribution in [3.05, 3.63) is 0 Å². The second-order valence-corrected chi connectivity index (χ2v) is 8.32. The van der Waals surface area contributed by atoms with Gasteiger partial charge in [-0.1, -0.05) is 104 Å². The summed E-state index contributed by atoms with van der Waals surface area (Å²) >= 11 is 0. The zero-order valence-corrected chi connectivity index (χ0v) is 17.8. The molecule has 0 fully saturated rings. The van der Waals surface area contributed by atoms with E-state index in [1.165, 1.54) is 103 Å². The fourth-order valence-electron chi connectivity index (χ4n) is 3.70. The van der Waals surface area contributed by atoms with Gasteiger partial charge in [0.25, 0.3) is 0 Å². The molecule has 0 N–H and O–H groups in total. The van der Waals surface area contributed by atoms with Gasteiger partial charge in [-0.15, -0.1) is 0 Å². The summed E-state index contributed by atoms with van der Waals surface area (Å²) in [6, 6.07) is 0. The van der Waals surface area contributed by atoms with E-state index in [0.717, 1.165) is 5.92 Å². The van der Waals surface area contributed by atoms with Gasteiger partial charge in [-0.2, -0.15) is 0 Å². The third-order valence-electron chi connectivity index (χ3n) is 5.82. The van der Waals surface area contributed by atoms with Crippen LogP contribution in [0.5, 0.6) is 0 Å². The summed E-state index contributed by atoms with van der Waals surface area (Å²) in [6.45, 7) is 9.17. The molecular weight excluding hydrogens is 292 g/mol. The Kier molecular flexibility index (Phi) is 16.4. The molecule has 0 aromatic heterocycles. The molecule has 1 heteroatoms. The number of rotatable bonds is 18. The van der Waals surface area contributed by atoms with Gasteiger partial charge in [0.2, 0.25) is 0 Å². The van der Waals surface area contributed by atoms with Crippen molar-refractivity contribution in [2.75, 3.05) is 7.11 Å². The molecule has 0 aliphatic carbocycles. The van der Waals surface area contributed by atoms with Crippen molar-refractivity contribution in [1.29, 1.82) is 0 Å². The zero-order chi connectivity index (χ0) is 18.1. The SMILES string of the molecule is CCCCCCCCCCC(CCCCCCCC)C(C)(C)OC. The maximum Gasteiger partial charge on any atom is 0.0650 e. The highest BCUT2D eigenvalue weighted by Gasteiger charge is 2.28. The molecule has 24 heavy (non-hydrogen) atoms. The normalized spacial score (nSPS) is 13.4. The van der Waals surface area contributed by atoms with Crippen molar-refractivity contribution >= 4 is 0 Å². The second kappa shape index (κ2) is 16.4. The third kappa shape index (κ3) is 13.3. The summed E-state index contributed by atoms with van der Waals surface area (Å²) in [5.41, 5.74) is 0.0462. The molecule has 1 nitrogen and oxygen atoms in total. The van der Waals surface area contributed by atoms with Crippen LogP contribution in [0.25, 0.3) is 0 Å². The molecule has 0 aromatic rings. The molecule has 0 aliphatic rings. The van der Waals surface area contributed by atoms with Gasteiger partial charge in [-0.05, 0) is 32.6 Å². The van der Waals surface area contributed by atoms with E-state index in [-0.39, 0.29) is 5.60 Å². The zero-order valence-electron chi connectivity index (χ0n) is 17.8. The Balaban J connectivity index is 3.85. The van der Waals surface area contributed by atoms with E-state index >= 15 is 0 Å². The van der Waals surface area contributed by atoms with E-state index in [1.54, 1.807) is 0 Å². The van der Waals surface area contributed by atoms with Crippen LogP contribution in [0.15, 0.2) is 0 Å². The van der Waals surface area contributed by atoms with Crippen molar-refractivity contribution in [3.63, 3.8) is 0 Å². The average Bonchev–Trinajstić information content (AvgIpc) is 2.58. The van der Waals surface area contributed by atoms with Crippen LogP contribution in [-0.2, 0) is 4.74 Å². The lowest BCUT2D eigenvalue weighted by Crippen LogP contribution is -2.33. The molecule has 0 heterocycles. The highest BCUT2D eigenvalue weighted by atomic mass is 16.5. The average molecular weight is 341 g/mol. The van der Waals surface area contributed by atoms with Gasteiger partial charge in [0, 0.05) is 7.11 Å². The Hall–Kier alpha value is -0.0400. The summed E-state index contributed by atoms with van der Waals surface area (Å²) in [4.78, 5) is 0. The van der Waals surface area contributed by atoms with Gasteiger partial charge >= 0.3 is 0 Å². The number of hydrogen-bond acceptors (Lipinski definition) is 1. The van der Waals surface area contributed by atoms with Gasteiger partial charge < -0.3 is 4.74 Å². The fraction of sp³-hybridized carbons (Fsp3) is 1.00. The van der Waals surface area contributed by atoms with Crippen LogP contribution in [0.1, 0.15) is 130 Å². The first-order chi connectivity index (χ1) is 11.6. The molecule has 0 saturated heterocycles. The lowest BCUT2D eigenvalue weighted by molar-refractivity contribution is -0.0352. The molecule has 1 unspecified atom stereocenters. The Labute approximate surface area is 154 Å². The number of methoxy groups -OCH3 is 1. The van der Waals surface area contributed by atoms with Crippen molar-refractivity contribution in [1.82, 2.24) is 0 Å². The molecule has 0 amide bonds. The summed E-state index contributed by atoms with van der Waals surface area (Å²) in [6.07, 6.45) is 22.4. The summed E-state index contributed by atoms with van der Waals surface area (Å²) in [5.74, 6) is 0.730. The van der Waals surface area contributed by atoms with E-state index in [0.29, 0.717) is 0 Å². The summed E-state index contributed by atoms with van der Waals surface area (Å²) < 4.78 is 5.82. The Morgan fingerprint density at radius 3 is 1.25 bits per heavy atom. The van der Waals surface area contributed by atoms with Gasteiger partial charge in [-0.3, -0.25) is 0 Å². The Bertz CT molecular complexity index is 246. The molecule has 0 rings (SSSR count). The monoisotopic (exact) mass is 340 g/mol. The maximum absolute atomic E-state index is 5.82. The summed E-state index contributed by atoms with van der Waals surface area (Å²) in [5, 5.41) is 0. The Morgan fingerprint density at radius 1 is 0.583 bits per heavy atom. The maximum atomic E-state index is 5.82. The fourth-order valence-corrected chi connectivity index (χ4v) is 3.70. The highest BCUT2D eigenvalue weighted by Crippen LogP contribution is 2.31. The quantitative estimate of drug-likeness (QED) is 0.228. The number of ether oxygens (including phenoxy) is 1. The Morgan fingerprint density at radius 2 is 0.917 bits per heavy atom. The van der Waals surface area contributed by atoms with Crippen molar-refractivity contribution in [2.45, 2.75) is 136 Å². The molecule has 146 valence electrons. The standard InChI is InChI=1S/C23H48O/c1-6-8-10-12-14-15-17-19-21-22(23(3,4)24-5)20-18-16-13-11-9-7-2/h22H,6-21H2,1-5H3. The third-order valence-corrected chi connectivity index (χ3v) is 5.82. The second-order valence-electron chi connectivity index (χ2n) is 8.32. The van der Waals surface area contributed by atoms with Gasteiger partial charge in [0.05, 0.1) is 5.60 Å². The first-order valence-electron chi connectivity index (χ1n) is 11.1. The van der Waals surface area contributed by atoms with E-state index in [4.69, 9.17) is 4.74 Å². The van der Waals surface area contributed by atoms with Crippen LogP contribution in [0.2, 0.25) is 0 Å². The van der Waals surface area contributed by atoms with Crippen LogP contribution in [0, 0.1) is 5.92 Å². The minimum Gasteiger partial charge on any atom is -0.379 e. The lowest BCUT2D eigenvalue weighted by Gasteiger charge is -2.33. The van der Waals surface area contributed by atoms with Gasteiger partial charge in [-0.25, -0.2) is 0 Å². The van der Waals surface area contributed by atoms with Crippen LogP contribution >= 0.6 is 0 Å². The van der Waals surface area contributed by atoms with Crippen molar-refractivity contribution < 1.29 is 4.74 Å². The van der Waals surface area contributed by atoms with E-state index < -0.39 is 0 Å². The molecule has 0 aliphatic heterocycles. The minimum atomic E-state index is 0.0462. The molecule has 0 bridgehead atoms. The highest BCUT2D eigenvalue weighted by molar-refractivity contribution is 4.79. The molecule has 0 radical (unpaired) electrons. The molecule has 0 aromatic carbocycles. The minimum absolute atomic E-state index is 0.0462. The largest absolute Gasteiger partial charge is 0.379 e. The summed E-state index contributed by atoms with van der Waals surface area (Å²) in [7, 11) is 1.89. The van der Waals surface area contributed by atoms with Gasteiger partial charge in [0.1, 0.15) is 0 Å². The first kappa shape index (κ1) is 24.0. The lowest BCUT2D eigenvalue weighted by atomic mass is 9.82. The van der Waals surface area contributed by atoms with E-state index in [2.05, 4.69) is 27.7 Å². The van der Waals surface area contributed by atoms with E-state index in [9.17, 15) is 0 Å². The molecule has 1 atom stereocenters. The predicted octanol–water partition coefficient (Wildman–Crippen LogP) is 8.31. The molecule has 0 saturated carbocycles. The van der Waals surface area contributed by atoms with Crippen LogP contribution in [0.4, 0.5) is 0 Å². The van der Waals surface area contributed by atoms with Crippen LogP contribution in [0.3, 0.4) is 0 Å². The topological polar surface area (TPSA) is 9.23 Å². The first-order valence-corrected chi connectivity index (χ1v) is 11.1. The number of unbranched alkanes of at least 4 members (excludes halogenated alkanes) is 12. The smallest absolute Gasteiger partial charge is 0.0650 e. The van der Waals surface area contributed by atoms with Crippen molar-refractivity contribution in [2.24, 2.45) is 5.92 Å².